The number of furan rings is 1. The van der Waals surface area contributed by atoms with Crippen LogP contribution in [-0.2, 0) is 0 Å². The monoisotopic (exact) mass is 803 g/mol. The maximum absolute atomic E-state index is 6.58. The second-order valence-corrected chi connectivity index (χ2v) is 16.3. The molecule has 0 amide bonds. The van der Waals surface area contributed by atoms with E-state index >= 15 is 0 Å². The molecule has 0 N–H and O–H groups in total. The van der Waals surface area contributed by atoms with Crippen molar-refractivity contribution >= 4 is 65.6 Å². The first-order valence-electron chi connectivity index (χ1n) is 21.4. The van der Waals surface area contributed by atoms with Gasteiger partial charge in [0.05, 0.1) is 27.8 Å². The van der Waals surface area contributed by atoms with Gasteiger partial charge in [0, 0.05) is 49.1 Å². The maximum atomic E-state index is 6.58. The van der Waals surface area contributed by atoms with Crippen molar-refractivity contribution in [2.45, 2.75) is 0 Å². The van der Waals surface area contributed by atoms with Crippen LogP contribution in [0.1, 0.15) is 0 Å². The van der Waals surface area contributed by atoms with Gasteiger partial charge in [-0.3, -0.25) is 4.57 Å². The van der Waals surface area contributed by atoms with Gasteiger partial charge < -0.3 is 8.98 Å². The van der Waals surface area contributed by atoms with E-state index in [1.165, 1.54) is 27.4 Å². The Hall–Kier alpha value is -8.47. The summed E-state index contributed by atoms with van der Waals surface area (Å²) in [5, 5.41) is 7.02. The van der Waals surface area contributed by atoms with Crippen molar-refractivity contribution in [2.75, 3.05) is 0 Å². The topological polar surface area (TPSA) is 35.9 Å². The minimum Gasteiger partial charge on any atom is -0.455 e. The third-order valence-corrected chi connectivity index (χ3v) is 12.7. The number of benzene rings is 9. The Balaban J connectivity index is 1.06. The molecule has 4 heteroatoms. The van der Waals surface area contributed by atoms with Gasteiger partial charge in [0.25, 0.3) is 0 Å². The highest BCUT2D eigenvalue weighted by atomic mass is 16.3. The Kier molecular flexibility index (Phi) is 7.87. The number of rotatable bonds is 6. The third kappa shape index (κ3) is 5.66. The molecule has 9 aromatic carbocycles. The molecule has 4 heterocycles. The van der Waals surface area contributed by atoms with Crippen molar-refractivity contribution in [1.82, 2.24) is 14.1 Å². The molecule has 0 spiro atoms. The molecule has 63 heavy (non-hydrogen) atoms. The molecule has 0 radical (unpaired) electrons. The molecule has 0 saturated heterocycles. The van der Waals surface area contributed by atoms with Crippen molar-refractivity contribution in [3.05, 3.63) is 224 Å². The van der Waals surface area contributed by atoms with Gasteiger partial charge in [0.2, 0.25) is 0 Å². The van der Waals surface area contributed by atoms with Crippen LogP contribution < -0.4 is 0 Å². The average molecular weight is 804 g/mol. The number of nitrogens with zero attached hydrogens (tertiary/aromatic N) is 3. The van der Waals surface area contributed by atoms with Crippen molar-refractivity contribution < 1.29 is 4.42 Å². The Morgan fingerprint density at radius 1 is 0.317 bits per heavy atom. The van der Waals surface area contributed by atoms with Crippen LogP contribution in [0.2, 0.25) is 0 Å². The molecule has 0 atom stereocenters. The number of aromatic nitrogens is 3. The zero-order chi connectivity index (χ0) is 41.4. The van der Waals surface area contributed by atoms with Gasteiger partial charge in [-0.15, -0.1) is 0 Å². The van der Waals surface area contributed by atoms with Gasteiger partial charge in [-0.1, -0.05) is 158 Å². The number of fused-ring (bicyclic) bond motifs is 9. The minimum atomic E-state index is 0.859. The quantitative estimate of drug-likeness (QED) is 0.168. The summed E-state index contributed by atoms with van der Waals surface area (Å²) in [6, 6.07) is 80.3. The van der Waals surface area contributed by atoms with Crippen molar-refractivity contribution in [2.24, 2.45) is 0 Å². The Labute approximate surface area is 363 Å². The van der Waals surface area contributed by atoms with Crippen LogP contribution in [0, 0.1) is 0 Å². The summed E-state index contributed by atoms with van der Waals surface area (Å²) in [5.41, 5.74) is 16.2. The summed E-state index contributed by atoms with van der Waals surface area (Å²) in [6.07, 6.45) is 0. The molecular weight excluding hydrogens is 767 g/mol. The van der Waals surface area contributed by atoms with Crippen LogP contribution in [-0.4, -0.2) is 14.1 Å². The first-order valence-corrected chi connectivity index (χ1v) is 21.4. The zero-order valence-electron chi connectivity index (χ0n) is 34.1. The van der Waals surface area contributed by atoms with Crippen LogP contribution >= 0.6 is 0 Å². The number of hydrogen-bond donors (Lipinski definition) is 0. The lowest BCUT2D eigenvalue weighted by atomic mass is 9.99. The van der Waals surface area contributed by atoms with E-state index in [2.05, 4.69) is 221 Å². The Morgan fingerprint density at radius 2 is 0.905 bits per heavy atom. The fourth-order valence-electron chi connectivity index (χ4n) is 9.78. The van der Waals surface area contributed by atoms with Crippen LogP contribution in [0.25, 0.3) is 122 Å². The van der Waals surface area contributed by atoms with E-state index in [0.717, 1.165) is 94.3 Å². The molecule has 4 nitrogen and oxygen atoms in total. The first-order chi connectivity index (χ1) is 31.2. The van der Waals surface area contributed by atoms with Crippen LogP contribution in [0.5, 0.6) is 0 Å². The van der Waals surface area contributed by atoms with Gasteiger partial charge in [0.15, 0.2) is 0 Å². The molecule has 13 rings (SSSR count). The van der Waals surface area contributed by atoms with Gasteiger partial charge in [-0.05, 0) is 94.5 Å². The van der Waals surface area contributed by atoms with Gasteiger partial charge in [-0.25, -0.2) is 4.98 Å². The second-order valence-electron chi connectivity index (χ2n) is 16.3. The van der Waals surface area contributed by atoms with Crippen molar-refractivity contribution in [1.29, 1.82) is 0 Å². The lowest BCUT2D eigenvalue weighted by Gasteiger charge is -2.13. The van der Waals surface area contributed by atoms with Gasteiger partial charge >= 0.3 is 0 Å². The Morgan fingerprint density at radius 3 is 1.67 bits per heavy atom. The van der Waals surface area contributed by atoms with Gasteiger partial charge in [-0.2, -0.15) is 0 Å². The normalized spacial score (nSPS) is 11.8. The molecule has 0 aliphatic carbocycles. The maximum Gasteiger partial charge on any atom is 0.143 e. The highest BCUT2D eigenvalue weighted by Crippen LogP contribution is 2.42. The molecule has 0 aliphatic rings. The lowest BCUT2D eigenvalue weighted by Crippen LogP contribution is -2.00. The minimum absolute atomic E-state index is 0.859. The highest BCUT2D eigenvalue weighted by molar-refractivity contribution is 6.14. The summed E-state index contributed by atoms with van der Waals surface area (Å²) in [6.45, 7) is 0. The summed E-state index contributed by atoms with van der Waals surface area (Å²) >= 11 is 0. The van der Waals surface area contributed by atoms with E-state index < -0.39 is 0 Å². The summed E-state index contributed by atoms with van der Waals surface area (Å²) in [5.74, 6) is 0.859. The summed E-state index contributed by atoms with van der Waals surface area (Å²) in [4.78, 5) is 5.47. The van der Waals surface area contributed by atoms with E-state index in [1.54, 1.807) is 0 Å². The molecule has 0 fully saturated rings. The van der Waals surface area contributed by atoms with Crippen LogP contribution in [0.3, 0.4) is 0 Å². The van der Waals surface area contributed by atoms with E-state index in [-0.39, 0.29) is 0 Å². The number of hydrogen-bond acceptors (Lipinski definition) is 2. The molecule has 294 valence electrons. The smallest absolute Gasteiger partial charge is 0.143 e. The predicted molar refractivity (Wildman–Crippen MR) is 262 cm³/mol. The number of pyridine rings is 1. The SMILES string of the molecule is c1ccc(-c2cc(-c3ccccc3)nc(-n3c4ccc(-c5ccc6c(c5)c5ccccc5n6-c5ccccc5)cc4c4ccc(-c5cccc6c5oc5ccccc56)cc43)c2)cc1. The average Bonchev–Trinajstić information content (AvgIpc) is 4.02. The number of para-hydroxylation sites is 4. The van der Waals surface area contributed by atoms with Crippen molar-refractivity contribution in [3.63, 3.8) is 0 Å². The highest BCUT2D eigenvalue weighted by Gasteiger charge is 2.20. The fourth-order valence-corrected chi connectivity index (χ4v) is 9.78. The van der Waals surface area contributed by atoms with Gasteiger partial charge in [0.1, 0.15) is 17.0 Å². The second kappa shape index (κ2) is 14.1. The standard InChI is InChI=1S/C59H37N3O/c1-4-15-38(16-5-1)43-35-52(39-17-6-2-7-18-39)60-58(37-43)62-55-32-29-41(40-28-31-54-50(33-40)46-21-10-12-25-53(46)61(54)44-19-8-3-9-20-44)34-51(55)47-30-27-42(36-56(47)62)45-23-14-24-49-48-22-11-13-26-57(48)63-59(45)49/h1-37H. The van der Waals surface area contributed by atoms with Crippen LogP contribution in [0.4, 0.5) is 0 Å². The van der Waals surface area contributed by atoms with Crippen molar-refractivity contribution in [3.8, 4) is 56.1 Å². The van der Waals surface area contributed by atoms with Crippen LogP contribution in [0.15, 0.2) is 229 Å². The molecular formula is C59H37N3O. The molecule has 4 aromatic heterocycles. The molecule has 0 unspecified atom stereocenters. The summed E-state index contributed by atoms with van der Waals surface area (Å²) < 4.78 is 11.3. The lowest BCUT2D eigenvalue weighted by molar-refractivity contribution is 0.670. The van der Waals surface area contributed by atoms with E-state index in [1.807, 2.05) is 12.1 Å². The predicted octanol–water partition coefficient (Wildman–Crippen LogP) is 15.8. The van der Waals surface area contributed by atoms with E-state index in [0.29, 0.717) is 0 Å². The third-order valence-electron chi connectivity index (χ3n) is 12.7. The summed E-state index contributed by atoms with van der Waals surface area (Å²) in [7, 11) is 0. The molecule has 13 aromatic rings. The molecule has 0 saturated carbocycles. The molecule has 0 bridgehead atoms. The Bertz CT molecular complexity index is 3840. The molecule has 0 aliphatic heterocycles. The largest absolute Gasteiger partial charge is 0.455 e. The van der Waals surface area contributed by atoms with E-state index in [4.69, 9.17) is 9.40 Å². The fraction of sp³-hybridized carbons (Fsp3) is 0. The first kappa shape index (κ1) is 35.3. The van der Waals surface area contributed by atoms with E-state index in [9.17, 15) is 0 Å². The zero-order valence-corrected chi connectivity index (χ0v) is 34.1.